The molecule has 1 unspecified atom stereocenters. The van der Waals surface area contributed by atoms with Crippen LogP contribution in [-0.2, 0) is 6.54 Å². The maximum absolute atomic E-state index is 9.28. The zero-order chi connectivity index (χ0) is 23.8. The zero-order valence-electron chi connectivity index (χ0n) is 19.9. The van der Waals surface area contributed by atoms with Gasteiger partial charge in [-0.05, 0) is 62.3 Å². The number of benzene rings is 2. The lowest BCUT2D eigenvalue weighted by Gasteiger charge is -2.23. The van der Waals surface area contributed by atoms with Gasteiger partial charge in [0.05, 0.1) is 22.9 Å². The number of imidazole rings is 1. The minimum atomic E-state index is 0.474. The fourth-order valence-corrected chi connectivity index (χ4v) is 4.76. The lowest BCUT2D eigenvalue weighted by atomic mass is 9.96. The van der Waals surface area contributed by atoms with E-state index in [1.807, 2.05) is 36.7 Å². The number of aromatic nitrogens is 3. The summed E-state index contributed by atoms with van der Waals surface area (Å²) in [5, 5.41) is 9.28. The first-order valence-electron chi connectivity index (χ1n) is 11.6. The van der Waals surface area contributed by atoms with Crippen LogP contribution in [0.2, 0.25) is 0 Å². The van der Waals surface area contributed by atoms with Crippen molar-refractivity contribution in [3.05, 3.63) is 71.5 Å². The summed E-state index contributed by atoms with van der Waals surface area (Å²) in [7, 11) is 4.26. The van der Waals surface area contributed by atoms with Crippen LogP contribution in [0.15, 0.2) is 54.9 Å². The lowest BCUT2D eigenvalue weighted by Crippen LogP contribution is -2.32. The zero-order valence-corrected chi connectivity index (χ0v) is 19.9. The molecule has 1 aliphatic rings. The fourth-order valence-electron chi connectivity index (χ4n) is 4.76. The van der Waals surface area contributed by atoms with Gasteiger partial charge in [-0.1, -0.05) is 24.3 Å². The van der Waals surface area contributed by atoms with Crippen molar-refractivity contribution in [3.63, 3.8) is 0 Å². The number of aryl methyl sites for hydroxylation is 1. The molecule has 0 bridgehead atoms. The van der Waals surface area contributed by atoms with Crippen LogP contribution in [0.25, 0.3) is 28.0 Å². The summed E-state index contributed by atoms with van der Waals surface area (Å²) >= 11 is 0. The van der Waals surface area contributed by atoms with Crippen molar-refractivity contribution in [3.8, 4) is 28.5 Å². The highest BCUT2D eigenvalue weighted by Gasteiger charge is 2.28. The van der Waals surface area contributed by atoms with Crippen LogP contribution >= 0.6 is 0 Å². The van der Waals surface area contributed by atoms with Crippen LogP contribution in [0.4, 0.5) is 5.95 Å². The number of hydrogen-bond donors (Lipinski definition) is 1. The highest BCUT2D eigenvalue weighted by atomic mass is 15.3. The average Bonchev–Trinajstić information content (AvgIpc) is 3.54. The van der Waals surface area contributed by atoms with Crippen molar-refractivity contribution >= 4 is 11.6 Å². The Morgan fingerprint density at radius 2 is 1.91 bits per heavy atom. The molecular formula is C27H29N7. The Morgan fingerprint density at radius 1 is 1.15 bits per heavy atom. The topological polar surface area (TPSA) is 86.5 Å². The van der Waals surface area contributed by atoms with E-state index in [0.717, 1.165) is 59.1 Å². The molecule has 2 N–H and O–H groups in total. The molecule has 5 rings (SSSR count). The maximum atomic E-state index is 9.28. The summed E-state index contributed by atoms with van der Waals surface area (Å²) in [6.07, 6.45) is 4.92. The van der Waals surface area contributed by atoms with Crippen molar-refractivity contribution in [2.45, 2.75) is 25.9 Å². The van der Waals surface area contributed by atoms with E-state index in [9.17, 15) is 5.26 Å². The Labute approximate surface area is 200 Å². The molecule has 1 aliphatic heterocycles. The number of anilines is 1. The summed E-state index contributed by atoms with van der Waals surface area (Å²) < 4.78 is 2.10. The average molecular weight is 452 g/mol. The van der Waals surface area contributed by atoms with E-state index in [-0.39, 0.29) is 0 Å². The summed E-state index contributed by atoms with van der Waals surface area (Å²) in [4.78, 5) is 14.6. The predicted molar refractivity (Wildman–Crippen MR) is 136 cm³/mol. The molecule has 7 nitrogen and oxygen atoms in total. The predicted octanol–water partition coefficient (Wildman–Crippen LogP) is 3.84. The number of nitrogens with two attached hydrogens (primary N) is 1. The molecule has 0 radical (unpaired) electrons. The van der Waals surface area contributed by atoms with Gasteiger partial charge in [-0.2, -0.15) is 5.26 Å². The van der Waals surface area contributed by atoms with E-state index >= 15 is 0 Å². The van der Waals surface area contributed by atoms with E-state index in [1.165, 1.54) is 5.56 Å². The van der Waals surface area contributed by atoms with E-state index < -0.39 is 0 Å². The largest absolute Gasteiger partial charge is 0.340 e. The molecule has 4 aromatic rings. The minimum absolute atomic E-state index is 0.474. The Kier molecular flexibility index (Phi) is 5.78. The third kappa shape index (κ3) is 3.81. The third-order valence-corrected chi connectivity index (χ3v) is 6.85. The molecule has 1 saturated heterocycles. The quantitative estimate of drug-likeness (QED) is 0.496. The molecule has 172 valence electrons. The normalized spacial score (nSPS) is 15.9. The van der Waals surface area contributed by atoms with Gasteiger partial charge in [0.15, 0.2) is 0 Å². The van der Waals surface area contributed by atoms with E-state index in [4.69, 9.17) is 15.7 Å². The molecule has 34 heavy (non-hydrogen) atoms. The van der Waals surface area contributed by atoms with Crippen LogP contribution in [0.3, 0.4) is 0 Å². The van der Waals surface area contributed by atoms with E-state index in [0.29, 0.717) is 18.2 Å². The van der Waals surface area contributed by atoms with Crippen molar-refractivity contribution in [2.24, 2.45) is 5.73 Å². The summed E-state index contributed by atoms with van der Waals surface area (Å²) in [5.41, 5.74) is 13.6. The van der Waals surface area contributed by atoms with Gasteiger partial charge >= 0.3 is 0 Å². The number of fused-ring (bicyclic) bond motifs is 1. The van der Waals surface area contributed by atoms with Gasteiger partial charge in [0.1, 0.15) is 5.65 Å². The number of nitrogens with zero attached hydrogens (tertiary/aromatic N) is 6. The van der Waals surface area contributed by atoms with E-state index in [1.54, 1.807) is 0 Å². The Hall–Kier alpha value is -3.73. The Bertz CT molecular complexity index is 1380. The molecular weight excluding hydrogens is 422 g/mol. The van der Waals surface area contributed by atoms with Gasteiger partial charge in [0, 0.05) is 43.6 Å². The molecule has 1 atom stereocenters. The van der Waals surface area contributed by atoms with Gasteiger partial charge in [-0.3, -0.25) is 4.40 Å². The van der Waals surface area contributed by atoms with Crippen LogP contribution in [0, 0.1) is 18.3 Å². The van der Waals surface area contributed by atoms with Crippen LogP contribution in [0.5, 0.6) is 0 Å². The maximum Gasteiger partial charge on any atom is 0.212 e. The smallest absolute Gasteiger partial charge is 0.212 e. The minimum Gasteiger partial charge on any atom is -0.340 e. The molecule has 2 aromatic carbocycles. The summed E-state index contributed by atoms with van der Waals surface area (Å²) in [6, 6.07) is 16.7. The Morgan fingerprint density at radius 3 is 2.59 bits per heavy atom. The van der Waals surface area contributed by atoms with Crippen molar-refractivity contribution in [1.29, 1.82) is 5.26 Å². The Balaban J connectivity index is 1.75. The fraction of sp³-hybridized carbons (Fsp3) is 0.296. The molecule has 7 heteroatoms. The van der Waals surface area contributed by atoms with E-state index in [2.05, 4.69) is 59.5 Å². The standard InChI is InChI=1S/C27H29N7/c1-18-4-7-21(14-22(18)16-29)24-25(20-8-5-19(15-28)6-9-20)31-27(34-13-11-30-26(24)34)33-12-10-23(17-33)32(2)3/h4-9,11,13-14,23H,10,12,16-17,29H2,1-3H3. The summed E-state index contributed by atoms with van der Waals surface area (Å²) in [5.74, 6) is 0.895. The third-order valence-electron chi connectivity index (χ3n) is 6.85. The lowest BCUT2D eigenvalue weighted by molar-refractivity contribution is 0.315. The molecule has 0 amide bonds. The van der Waals surface area contributed by atoms with Gasteiger partial charge in [0.25, 0.3) is 0 Å². The first kappa shape index (κ1) is 22.1. The van der Waals surface area contributed by atoms with Crippen molar-refractivity contribution in [1.82, 2.24) is 19.3 Å². The van der Waals surface area contributed by atoms with Crippen molar-refractivity contribution in [2.75, 3.05) is 32.1 Å². The molecule has 0 aliphatic carbocycles. The first-order valence-corrected chi connectivity index (χ1v) is 11.6. The number of rotatable bonds is 5. The van der Waals surface area contributed by atoms with Crippen LogP contribution < -0.4 is 10.6 Å². The highest BCUT2D eigenvalue weighted by Crippen LogP contribution is 2.37. The van der Waals surface area contributed by atoms with Gasteiger partial charge in [-0.15, -0.1) is 0 Å². The number of likely N-dealkylation sites (N-methyl/N-ethyl adjacent to an activating group) is 1. The molecule has 3 heterocycles. The monoisotopic (exact) mass is 451 g/mol. The van der Waals surface area contributed by atoms with Gasteiger partial charge in [-0.25, -0.2) is 9.97 Å². The molecule has 1 fully saturated rings. The second kappa shape index (κ2) is 8.90. The molecule has 0 spiro atoms. The molecule has 0 saturated carbocycles. The second-order valence-electron chi connectivity index (χ2n) is 9.14. The first-order chi connectivity index (χ1) is 16.5. The summed E-state index contributed by atoms with van der Waals surface area (Å²) in [6.45, 7) is 4.41. The van der Waals surface area contributed by atoms with Gasteiger partial charge in [0.2, 0.25) is 5.95 Å². The SMILES string of the molecule is Cc1ccc(-c2c(-c3ccc(C#N)cc3)nc(N3CCC(N(C)C)C3)n3ccnc23)cc1CN. The number of nitriles is 1. The van der Waals surface area contributed by atoms with Gasteiger partial charge < -0.3 is 15.5 Å². The molecule has 2 aromatic heterocycles. The highest BCUT2D eigenvalue weighted by molar-refractivity contribution is 5.91. The van der Waals surface area contributed by atoms with Crippen LogP contribution in [-0.4, -0.2) is 52.5 Å². The van der Waals surface area contributed by atoms with Crippen LogP contribution in [0.1, 0.15) is 23.1 Å². The number of hydrogen-bond acceptors (Lipinski definition) is 6. The van der Waals surface area contributed by atoms with Crippen molar-refractivity contribution < 1.29 is 0 Å². The second-order valence-corrected chi connectivity index (χ2v) is 9.14.